The van der Waals surface area contributed by atoms with Gasteiger partial charge in [-0.15, -0.1) is 0 Å². The van der Waals surface area contributed by atoms with Crippen LogP contribution in [-0.4, -0.2) is 46.1 Å². The average molecular weight is 375 g/mol. The first kappa shape index (κ1) is 18.4. The second kappa shape index (κ2) is 8.80. The molecule has 3 heterocycles. The molecule has 6 nitrogen and oxygen atoms in total. The first-order valence-electron chi connectivity index (χ1n) is 9.66. The molecule has 1 aliphatic rings. The van der Waals surface area contributed by atoms with Crippen LogP contribution in [0.15, 0.2) is 60.9 Å². The molecule has 1 N–H and O–H groups in total. The third-order valence-electron chi connectivity index (χ3n) is 5.05. The molecule has 1 aromatic carbocycles. The second-order valence-electron chi connectivity index (χ2n) is 7.04. The van der Waals surface area contributed by atoms with Gasteiger partial charge in [0.2, 0.25) is 5.88 Å². The third kappa shape index (κ3) is 4.64. The number of methoxy groups -OCH3 is 1. The maximum absolute atomic E-state index is 5.11. The van der Waals surface area contributed by atoms with Crippen LogP contribution in [0.5, 0.6) is 5.88 Å². The van der Waals surface area contributed by atoms with Gasteiger partial charge in [-0.2, -0.15) is 0 Å². The molecule has 28 heavy (non-hydrogen) atoms. The van der Waals surface area contributed by atoms with Gasteiger partial charge < -0.3 is 10.1 Å². The predicted molar refractivity (Wildman–Crippen MR) is 110 cm³/mol. The van der Waals surface area contributed by atoms with Gasteiger partial charge >= 0.3 is 0 Å². The Morgan fingerprint density at radius 3 is 2.57 bits per heavy atom. The van der Waals surface area contributed by atoms with Crippen molar-refractivity contribution in [1.82, 2.24) is 19.9 Å². The van der Waals surface area contributed by atoms with E-state index in [1.165, 1.54) is 5.56 Å². The number of nitrogens with zero attached hydrogens (tertiary/aromatic N) is 4. The molecule has 0 amide bonds. The quantitative estimate of drug-likeness (QED) is 0.710. The van der Waals surface area contributed by atoms with Crippen LogP contribution in [0.4, 0.5) is 5.82 Å². The largest absolute Gasteiger partial charge is 0.481 e. The zero-order valence-electron chi connectivity index (χ0n) is 16.1. The zero-order chi connectivity index (χ0) is 19.2. The highest BCUT2D eigenvalue weighted by Gasteiger charge is 2.19. The lowest BCUT2D eigenvalue weighted by molar-refractivity contribution is 0.211. The lowest BCUT2D eigenvalue weighted by Gasteiger charge is -2.32. The number of piperidine rings is 1. The Balaban J connectivity index is 1.33. The van der Waals surface area contributed by atoms with Gasteiger partial charge in [0.25, 0.3) is 0 Å². The summed E-state index contributed by atoms with van der Waals surface area (Å²) in [6.45, 7) is 3.20. The van der Waals surface area contributed by atoms with Gasteiger partial charge in [-0.05, 0) is 30.5 Å². The van der Waals surface area contributed by atoms with Crippen LogP contribution >= 0.6 is 0 Å². The molecule has 1 saturated heterocycles. The van der Waals surface area contributed by atoms with Gasteiger partial charge in [-0.1, -0.05) is 30.3 Å². The molecule has 0 unspecified atom stereocenters. The number of pyridine rings is 1. The lowest BCUT2D eigenvalue weighted by atomic mass is 10.0. The van der Waals surface area contributed by atoms with Crippen LogP contribution in [0.3, 0.4) is 0 Å². The van der Waals surface area contributed by atoms with Crippen molar-refractivity contribution >= 4 is 5.82 Å². The van der Waals surface area contributed by atoms with E-state index < -0.39 is 0 Å². The number of benzene rings is 1. The van der Waals surface area contributed by atoms with E-state index in [1.54, 1.807) is 19.5 Å². The van der Waals surface area contributed by atoms with Crippen molar-refractivity contribution in [3.8, 4) is 17.3 Å². The first-order chi connectivity index (χ1) is 13.8. The van der Waals surface area contributed by atoms with E-state index in [9.17, 15) is 0 Å². The molecule has 0 aliphatic carbocycles. The standard InChI is InChI=1S/C22H25N5O/c1-28-21-8-7-18(15-24-21)22-23-12-9-20(26-22)25-19-10-13-27(14-11-19)16-17-5-3-2-4-6-17/h2-9,12,15,19H,10-11,13-14,16H2,1H3,(H,23,25,26). The number of ether oxygens (including phenoxy) is 1. The summed E-state index contributed by atoms with van der Waals surface area (Å²) in [4.78, 5) is 15.8. The molecule has 0 atom stereocenters. The molecule has 2 aromatic heterocycles. The number of hydrogen-bond acceptors (Lipinski definition) is 6. The Hall–Kier alpha value is -2.99. The Labute approximate surface area is 165 Å². The summed E-state index contributed by atoms with van der Waals surface area (Å²) in [6.07, 6.45) is 5.74. The minimum Gasteiger partial charge on any atom is -0.481 e. The van der Waals surface area contributed by atoms with Gasteiger partial charge in [0.1, 0.15) is 5.82 Å². The van der Waals surface area contributed by atoms with Crippen LogP contribution in [0.1, 0.15) is 18.4 Å². The van der Waals surface area contributed by atoms with E-state index in [2.05, 4.69) is 55.5 Å². The number of rotatable bonds is 6. The maximum atomic E-state index is 5.11. The highest BCUT2D eigenvalue weighted by atomic mass is 16.5. The van der Waals surface area contributed by atoms with Gasteiger partial charge in [0.15, 0.2) is 5.82 Å². The van der Waals surface area contributed by atoms with Crippen LogP contribution < -0.4 is 10.1 Å². The molecule has 1 fully saturated rings. The fourth-order valence-corrected chi connectivity index (χ4v) is 3.50. The molecule has 3 aromatic rings. The van der Waals surface area contributed by atoms with Crippen LogP contribution in [-0.2, 0) is 6.54 Å². The zero-order valence-corrected chi connectivity index (χ0v) is 16.1. The molecular formula is C22H25N5O. The summed E-state index contributed by atoms with van der Waals surface area (Å²) in [7, 11) is 1.61. The van der Waals surface area contributed by atoms with Crippen LogP contribution in [0.25, 0.3) is 11.4 Å². The summed E-state index contributed by atoms with van der Waals surface area (Å²) in [5.41, 5.74) is 2.25. The number of nitrogens with one attached hydrogen (secondary N) is 1. The van der Waals surface area contributed by atoms with E-state index in [0.717, 1.165) is 43.9 Å². The Morgan fingerprint density at radius 2 is 1.86 bits per heavy atom. The summed E-state index contributed by atoms with van der Waals surface area (Å²) in [6, 6.07) is 16.8. The Bertz CT molecular complexity index is 877. The molecule has 6 heteroatoms. The van der Waals surface area contributed by atoms with Crippen molar-refractivity contribution in [2.75, 3.05) is 25.5 Å². The summed E-state index contributed by atoms with van der Waals surface area (Å²) < 4.78 is 5.11. The lowest BCUT2D eigenvalue weighted by Crippen LogP contribution is -2.38. The average Bonchev–Trinajstić information content (AvgIpc) is 2.76. The minimum atomic E-state index is 0.434. The maximum Gasteiger partial charge on any atom is 0.212 e. The van der Waals surface area contributed by atoms with Gasteiger partial charge in [-0.25, -0.2) is 15.0 Å². The smallest absolute Gasteiger partial charge is 0.212 e. The van der Waals surface area contributed by atoms with Crippen molar-refractivity contribution in [2.24, 2.45) is 0 Å². The number of hydrogen-bond donors (Lipinski definition) is 1. The first-order valence-corrected chi connectivity index (χ1v) is 9.66. The Kier molecular flexibility index (Phi) is 5.77. The third-order valence-corrected chi connectivity index (χ3v) is 5.05. The van der Waals surface area contributed by atoms with Gasteiger partial charge in [0, 0.05) is 49.7 Å². The van der Waals surface area contributed by atoms with Gasteiger partial charge in [-0.3, -0.25) is 4.90 Å². The van der Waals surface area contributed by atoms with Crippen molar-refractivity contribution in [3.63, 3.8) is 0 Å². The van der Waals surface area contributed by atoms with Crippen LogP contribution in [0.2, 0.25) is 0 Å². The normalized spacial score (nSPS) is 15.3. The molecule has 144 valence electrons. The second-order valence-corrected chi connectivity index (χ2v) is 7.04. The molecule has 0 saturated carbocycles. The summed E-state index contributed by atoms with van der Waals surface area (Å²) >= 11 is 0. The summed E-state index contributed by atoms with van der Waals surface area (Å²) in [5, 5.41) is 3.58. The van der Waals surface area contributed by atoms with Gasteiger partial charge in [0.05, 0.1) is 7.11 Å². The highest BCUT2D eigenvalue weighted by Crippen LogP contribution is 2.20. The van der Waals surface area contributed by atoms with Crippen molar-refractivity contribution in [3.05, 3.63) is 66.5 Å². The monoisotopic (exact) mass is 375 g/mol. The van der Waals surface area contributed by atoms with Crippen molar-refractivity contribution in [1.29, 1.82) is 0 Å². The number of aromatic nitrogens is 3. The topological polar surface area (TPSA) is 63.2 Å². The van der Waals surface area contributed by atoms with Crippen molar-refractivity contribution in [2.45, 2.75) is 25.4 Å². The van der Waals surface area contributed by atoms with E-state index >= 15 is 0 Å². The molecule has 1 aliphatic heterocycles. The number of likely N-dealkylation sites (tertiary alicyclic amines) is 1. The summed E-state index contributed by atoms with van der Waals surface area (Å²) in [5.74, 6) is 2.12. The van der Waals surface area contributed by atoms with E-state index in [1.807, 2.05) is 18.2 Å². The van der Waals surface area contributed by atoms with Crippen molar-refractivity contribution < 1.29 is 4.74 Å². The predicted octanol–water partition coefficient (Wildman–Crippen LogP) is 3.62. The van der Waals surface area contributed by atoms with E-state index in [4.69, 9.17) is 4.74 Å². The van der Waals surface area contributed by atoms with E-state index in [-0.39, 0.29) is 0 Å². The van der Waals surface area contributed by atoms with Crippen LogP contribution in [0, 0.1) is 0 Å². The fraction of sp³-hybridized carbons (Fsp3) is 0.318. The minimum absolute atomic E-state index is 0.434. The highest BCUT2D eigenvalue weighted by molar-refractivity contribution is 5.56. The molecule has 0 radical (unpaired) electrons. The molecule has 4 rings (SSSR count). The molecule has 0 bridgehead atoms. The fourth-order valence-electron chi connectivity index (χ4n) is 3.50. The molecular weight excluding hydrogens is 350 g/mol. The molecule has 0 spiro atoms. The SMILES string of the molecule is COc1ccc(-c2nccc(NC3CCN(Cc4ccccc4)CC3)n2)cn1. The van der Waals surface area contributed by atoms with E-state index in [0.29, 0.717) is 17.7 Å². The number of anilines is 1. The Morgan fingerprint density at radius 1 is 1.04 bits per heavy atom.